The molecule has 0 radical (unpaired) electrons. The largest absolute Gasteiger partial charge is 0.395 e. The summed E-state index contributed by atoms with van der Waals surface area (Å²) in [4.78, 5) is 40.3. The van der Waals surface area contributed by atoms with E-state index in [1.165, 1.54) is 4.90 Å². The van der Waals surface area contributed by atoms with Crippen LogP contribution in [0.25, 0.3) is 0 Å². The van der Waals surface area contributed by atoms with Crippen molar-refractivity contribution < 1.29 is 19.5 Å². The summed E-state index contributed by atoms with van der Waals surface area (Å²) < 4.78 is -0.613. The van der Waals surface area contributed by atoms with Gasteiger partial charge in [0.25, 0.3) is 0 Å². The van der Waals surface area contributed by atoms with E-state index in [1.807, 2.05) is 0 Å². The second-order valence-electron chi connectivity index (χ2n) is 7.18. The van der Waals surface area contributed by atoms with E-state index in [1.54, 1.807) is 18.8 Å². The molecule has 3 aliphatic heterocycles. The minimum absolute atomic E-state index is 0.0221. The lowest BCUT2D eigenvalue weighted by molar-refractivity contribution is -0.140. The molecule has 0 aromatic rings. The zero-order valence-electron chi connectivity index (χ0n) is 15.0. The van der Waals surface area contributed by atoms with Gasteiger partial charge in [-0.15, -0.1) is 11.8 Å². The zero-order valence-corrected chi connectivity index (χ0v) is 17.4. The Balaban J connectivity index is 1.96. The lowest BCUT2D eigenvalue weighted by Crippen LogP contribution is -2.55. The van der Waals surface area contributed by atoms with Gasteiger partial charge in [0.1, 0.15) is 6.04 Å². The fraction of sp³-hybridized carbons (Fsp3) is 0.824. The highest BCUT2D eigenvalue weighted by Gasteiger charge is 2.75. The first-order valence-corrected chi connectivity index (χ1v) is 10.9. The number of nitrogens with zero attached hydrogens (tertiary/aromatic N) is 1. The Hall–Kier alpha value is -0.800. The summed E-state index contributed by atoms with van der Waals surface area (Å²) in [5, 5.41) is 15.1. The molecule has 2 bridgehead atoms. The third kappa shape index (κ3) is 2.86. The Bertz CT molecular complexity index is 607. The number of halogens is 1. The van der Waals surface area contributed by atoms with E-state index in [-0.39, 0.29) is 41.0 Å². The molecule has 3 unspecified atom stereocenters. The van der Waals surface area contributed by atoms with Crippen LogP contribution >= 0.6 is 27.7 Å². The number of rotatable bonds is 7. The number of fused-ring (bicyclic) bond motifs is 1. The van der Waals surface area contributed by atoms with Crippen molar-refractivity contribution in [2.24, 2.45) is 11.8 Å². The molecule has 0 aromatic carbocycles. The van der Waals surface area contributed by atoms with Gasteiger partial charge in [0.05, 0.1) is 23.2 Å². The van der Waals surface area contributed by atoms with Crippen molar-refractivity contribution in [3.05, 3.63) is 0 Å². The Morgan fingerprint density at radius 3 is 2.77 bits per heavy atom. The van der Waals surface area contributed by atoms with Crippen LogP contribution in [0.3, 0.4) is 0 Å². The number of aliphatic hydroxyl groups excluding tert-OH is 1. The van der Waals surface area contributed by atoms with Crippen LogP contribution in [0.5, 0.6) is 0 Å². The molecule has 1 spiro atoms. The highest BCUT2D eigenvalue weighted by atomic mass is 79.9. The summed E-state index contributed by atoms with van der Waals surface area (Å²) in [6.07, 6.45) is 2.51. The maximum atomic E-state index is 13.2. The van der Waals surface area contributed by atoms with E-state index in [0.717, 1.165) is 12.8 Å². The molecule has 3 fully saturated rings. The van der Waals surface area contributed by atoms with Crippen LogP contribution in [0, 0.1) is 11.8 Å². The second kappa shape index (κ2) is 7.67. The quantitative estimate of drug-likeness (QED) is 0.379. The molecule has 3 saturated heterocycles. The number of β-amino-alcohol motifs (C(OH)–C–C–N with tert-alkyl or cyclic N) is 1. The number of amides is 3. The molecule has 146 valence electrons. The normalized spacial score (nSPS) is 37.8. The van der Waals surface area contributed by atoms with E-state index in [2.05, 4.69) is 33.5 Å². The Kier molecular flexibility index (Phi) is 5.89. The fourth-order valence-corrected chi connectivity index (χ4v) is 8.34. The summed E-state index contributed by atoms with van der Waals surface area (Å²) in [7, 11) is 1.58. The predicted molar refractivity (Wildman–Crippen MR) is 103 cm³/mol. The van der Waals surface area contributed by atoms with Crippen molar-refractivity contribution in [2.45, 2.75) is 47.1 Å². The van der Waals surface area contributed by atoms with Gasteiger partial charge in [-0.3, -0.25) is 14.4 Å². The molecule has 3 amide bonds. The van der Waals surface area contributed by atoms with Gasteiger partial charge < -0.3 is 20.6 Å². The van der Waals surface area contributed by atoms with Gasteiger partial charge in [0, 0.05) is 30.2 Å². The van der Waals surface area contributed by atoms with Gasteiger partial charge >= 0.3 is 0 Å². The van der Waals surface area contributed by atoms with Crippen molar-refractivity contribution >= 4 is 45.4 Å². The summed E-state index contributed by atoms with van der Waals surface area (Å²) in [5.74, 6) is -1.47. The molecule has 3 N–H and O–H groups in total. The number of likely N-dealkylation sites (tertiary alicyclic amines) is 1. The third-order valence-electron chi connectivity index (χ3n) is 5.76. The highest BCUT2D eigenvalue weighted by Crippen LogP contribution is 2.67. The molecular weight excluding hydrogens is 422 g/mol. The first-order valence-electron chi connectivity index (χ1n) is 9.15. The van der Waals surface area contributed by atoms with Crippen LogP contribution in [0.2, 0.25) is 0 Å². The molecular formula is C17H26BrN3O4S. The summed E-state index contributed by atoms with van der Waals surface area (Å²) in [6.45, 7) is 2.53. The Morgan fingerprint density at radius 2 is 2.15 bits per heavy atom. The number of carbonyl (C=O) groups excluding carboxylic acids is 3. The van der Waals surface area contributed by atoms with E-state index < -0.39 is 22.6 Å². The Labute approximate surface area is 166 Å². The molecule has 3 heterocycles. The summed E-state index contributed by atoms with van der Waals surface area (Å²) in [5.41, 5.74) is 0. The van der Waals surface area contributed by atoms with Crippen LogP contribution in [0.15, 0.2) is 0 Å². The number of hydrogen-bond donors (Lipinski definition) is 3. The average Bonchev–Trinajstić information content (AvgIpc) is 3.19. The number of alkyl halides is 1. The number of aliphatic hydroxyl groups is 1. The molecule has 3 aliphatic rings. The van der Waals surface area contributed by atoms with Crippen molar-refractivity contribution in [1.29, 1.82) is 0 Å². The van der Waals surface area contributed by atoms with Gasteiger partial charge in [-0.2, -0.15) is 0 Å². The average molecular weight is 448 g/mol. The SMILES string of the molecule is CCCCNC(=O)C1N(CCO)C(=O)[C@@H]2[C@H](C(=O)NC)[C@H]3SC12CC3Br. The zero-order chi connectivity index (χ0) is 19.1. The van der Waals surface area contributed by atoms with Crippen LogP contribution in [-0.4, -0.2) is 75.3 Å². The number of unbranched alkanes of at least 4 members (excludes halogenated alkanes) is 1. The van der Waals surface area contributed by atoms with Crippen molar-refractivity contribution in [1.82, 2.24) is 15.5 Å². The van der Waals surface area contributed by atoms with Gasteiger partial charge in [-0.1, -0.05) is 29.3 Å². The fourth-order valence-electron chi connectivity index (χ4n) is 4.73. The lowest BCUT2D eigenvalue weighted by Gasteiger charge is -2.35. The monoisotopic (exact) mass is 447 g/mol. The first kappa shape index (κ1) is 19.9. The maximum absolute atomic E-state index is 13.2. The molecule has 7 nitrogen and oxygen atoms in total. The second-order valence-corrected chi connectivity index (χ2v) is 9.89. The van der Waals surface area contributed by atoms with Crippen LogP contribution in [0.1, 0.15) is 26.2 Å². The van der Waals surface area contributed by atoms with Crippen molar-refractivity contribution in [2.75, 3.05) is 26.7 Å². The topological polar surface area (TPSA) is 98.7 Å². The minimum Gasteiger partial charge on any atom is -0.395 e. The highest BCUT2D eigenvalue weighted by molar-refractivity contribution is 9.09. The number of carbonyl (C=O) groups is 3. The standard InChI is InChI=1S/C17H26BrN3O4S/c1-3-4-5-20-15(24)13-17-8-9(18)12(26-17)10(14(23)19-2)11(17)16(25)21(13)6-7-22/h9-13,22H,3-8H2,1-2H3,(H,19,23)(H,20,24)/t9?,10-,11-,12-,13?,17?/m0/s1. The molecule has 6 atom stereocenters. The van der Waals surface area contributed by atoms with E-state index in [9.17, 15) is 19.5 Å². The maximum Gasteiger partial charge on any atom is 0.244 e. The number of hydrogen-bond acceptors (Lipinski definition) is 5. The third-order valence-corrected chi connectivity index (χ3v) is 8.98. The van der Waals surface area contributed by atoms with Crippen molar-refractivity contribution in [3.8, 4) is 0 Å². The Morgan fingerprint density at radius 1 is 1.42 bits per heavy atom. The first-order chi connectivity index (χ1) is 12.4. The molecule has 3 rings (SSSR count). The minimum atomic E-state index is -0.645. The van der Waals surface area contributed by atoms with Crippen LogP contribution in [-0.2, 0) is 14.4 Å². The number of thioether (sulfide) groups is 1. The van der Waals surface area contributed by atoms with E-state index >= 15 is 0 Å². The summed E-state index contributed by atoms with van der Waals surface area (Å²) >= 11 is 5.28. The van der Waals surface area contributed by atoms with Crippen molar-refractivity contribution in [3.63, 3.8) is 0 Å². The molecule has 26 heavy (non-hydrogen) atoms. The molecule has 0 aliphatic carbocycles. The molecule has 9 heteroatoms. The smallest absolute Gasteiger partial charge is 0.244 e. The van der Waals surface area contributed by atoms with Gasteiger partial charge in [0.2, 0.25) is 17.7 Å². The number of nitrogens with one attached hydrogen (secondary N) is 2. The van der Waals surface area contributed by atoms with Gasteiger partial charge in [0.15, 0.2) is 0 Å². The predicted octanol–water partition coefficient (Wildman–Crippen LogP) is 0.106. The van der Waals surface area contributed by atoms with Crippen LogP contribution in [0.4, 0.5) is 0 Å². The van der Waals surface area contributed by atoms with Gasteiger partial charge in [-0.05, 0) is 12.8 Å². The van der Waals surface area contributed by atoms with E-state index in [4.69, 9.17) is 0 Å². The summed E-state index contributed by atoms with van der Waals surface area (Å²) in [6, 6.07) is -0.645. The molecule has 0 aromatic heterocycles. The van der Waals surface area contributed by atoms with E-state index in [0.29, 0.717) is 13.0 Å². The molecule has 0 saturated carbocycles. The lowest BCUT2D eigenvalue weighted by atomic mass is 9.70. The van der Waals surface area contributed by atoms with Crippen LogP contribution < -0.4 is 10.6 Å². The van der Waals surface area contributed by atoms with Gasteiger partial charge in [-0.25, -0.2) is 0 Å².